The molecule has 164 valence electrons. The number of amides is 1. The van der Waals surface area contributed by atoms with Crippen LogP contribution in [-0.4, -0.2) is 24.0 Å². The number of carbonyl (C=O) groups is 1. The van der Waals surface area contributed by atoms with Gasteiger partial charge in [-0.05, 0) is 60.9 Å². The summed E-state index contributed by atoms with van der Waals surface area (Å²) in [5.74, 6) is 1.27. The molecule has 2 aromatic carbocycles. The lowest BCUT2D eigenvalue weighted by molar-refractivity contribution is 0.0906. The molecule has 0 aliphatic carbocycles. The molecule has 1 amide bonds. The Bertz CT molecular complexity index is 1000. The summed E-state index contributed by atoms with van der Waals surface area (Å²) in [7, 11) is 1.64. The maximum Gasteiger partial charge on any atom is 0.287 e. The number of carbonyl (C=O) groups excluding carboxylic acids is 1. The van der Waals surface area contributed by atoms with E-state index in [1.54, 1.807) is 19.2 Å². The number of hydrogen-bond donors (Lipinski definition) is 1. The molecule has 0 saturated heterocycles. The van der Waals surface area contributed by atoms with E-state index in [9.17, 15) is 9.18 Å². The molecule has 1 atom stereocenters. The van der Waals surface area contributed by atoms with Crippen molar-refractivity contribution >= 4 is 5.91 Å². The van der Waals surface area contributed by atoms with Gasteiger partial charge in [0.2, 0.25) is 0 Å². The van der Waals surface area contributed by atoms with Crippen LogP contribution in [0.5, 0.6) is 5.75 Å². The predicted molar refractivity (Wildman–Crippen MR) is 118 cm³/mol. The average Bonchev–Trinajstić information content (AvgIpc) is 3.22. The Kier molecular flexibility index (Phi) is 7.84. The fraction of sp³-hybridized carbons (Fsp3) is 0.320. The lowest BCUT2D eigenvalue weighted by Gasteiger charge is -2.22. The molecule has 0 aliphatic rings. The van der Waals surface area contributed by atoms with Gasteiger partial charge in [-0.3, -0.25) is 9.69 Å². The standard InChI is InChI=1S/C25H29FN2O3/c1-4-18(2)27-25(29)24-12-11-23(31-24)17-28(15-19-7-5-9-21(26)13-19)16-20-8-6-10-22(14-20)30-3/h5-14,18H,4,15-17H2,1-3H3,(H,27,29)/t18-/m0/s1. The number of nitrogens with one attached hydrogen (secondary N) is 1. The summed E-state index contributed by atoms with van der Waals surface area (Å²) < 4.78 is 24.8. The van der Waals surface area contributed by atoms with Crippen LogP contribution in [0.4, 0.5) is 4.39 Å². The van der Waals surface area contributed by atoms with Gasteiger partial charge in [0.05, 0.1) is 13.7 Å². The molecule has 1 heterocycles. The molecule has 3 rings (SSSR count). The molecular weight excluding hydrogens is 395 g/mol. The first kappa shape index (κ1) is 22.6. The van der Waals surface area contributed by atoms with E-state index in [4.69, 9.17) is 9.15 Å². The molecule has 0 spiro atoms. The second-order valence-electron chi connectivity index (χ2n) is 7.68. The van der Waals surface area contributed by atoms with Crippen molar-refractivity contribution in [2.45, 2.75) is 45.9 Å². The highest BCUT2D eigenvalue weighted by atomic mass is 19.1. The first-order valence-corrected chi connectivity index (χ1v) is 10.5. The second-order valence-corrected chi connectivity index (χ2v) is 7.68. The third kappa shape index (κ3) is 6.69. The molecule has 31 heavy (non-hydrogen) atoms. The monoisotopic (exact) mass is 424 g/mol. The van der Waals surface area contributed by atoms with Crippen LogP contribution in [0.2, 0.25) is 0 Å². The molecule has 5 nitrogen and oxygen atoms in total. The Labute approximate surface area is 182 Å². The smallest absolute Gasteiger partial charge is 0.287 e. The lowest BCUT2D eigenvalue weighted by atomic mass is 10.1. The van der Waals surface area contributed by atoms with Crippen molar-refractivity contribution in [3.8, 4) is 5.75 Å². The van der Waals surface area contributed by atoms with Crippen LogP contribution in [0.3, 0.4) is 0 Å². The molecule has 0 bridgehead atoms. The largest absolute Gasteiger partial charge is 0.497 e. The van der Waals surface area contributed by atoms with Crippen LogP contribution in [-0.2, 0) is 19.6 Å². The van der Waals surface area contributed by atoms with Gasteiger partial charge in [-0.2, -0.15) is 0 Å². The number of hydrogen-bond acceptors (Lipinski definition) is 4. The van der Waals surface area contributed by atoms with Gasteiger partial charge in [-0.25, -0.2) is 4.39 Å². The van der Waals surface area contributed by atoms with Crippen molar-refractivity contribution in [3.05, 3.63) is 89.1 Å². The molecule has 6 heteroatoms. The van der Waals surface area contributed by atoms with Crippen LogP contribution in [0.15, 0.2) is 65.1 Å². The zero-order valence-corrected chi connectivity index (χ0v) is 18.2. The first-order valence-electron chi connectivity index (χ1n) is 10.5. The zero-order valence-electron chi connectivity index (χ0n) is 18.2. The third-order valence-electron chi connectivity index (χ3n) is 5.09. The van der Waals surface area contributed by atoms with E-state index in [1.807, 2.05) is 50.2 Å². The molecule has 3 aromatic rings. The normalized spacial score (nSPS) is 12.0. The van der Waals surface area contributed by atoms with Crippen LogP contribution in [0, 0.1) is 5.82 Å². The first-order chi connectivity index (χ1) is 15.0. The van der Waals surface area contributed by atoms with Crippen LogP contribution in [0.1, 0.15) is 47.7 Å². The Morgan fingerprint density at radius 3 is 2.45 bits per heavy atom. The summed E-state index contributed by atoms with van der Waals surface area (Å²) in [6.07, 6.45) is 0.848. The van der Waals surface area contributed by atoms with Crippen LogP contribution in [0.25, 0.3) is 0 Å². The van der Waals surface area contributed by atoms with E-state index >= 15 is 0 Å². The summed E-state index contributed by atoms with van der Waals surface area (Å²) in [6.45, 7) is 5.59. The summed E-state index contributed by atoms with van der Waals surface area (Å²) in [5.41, 5.74) is 1.93. The summed E-state index contributed by atoms with van der Waals surface area (Å²) in [4.78, 5) is 14.5. The van der Waals surface area contributed by atoms with Gasteiger partial charge >= 0.3 is 0 Å². The number of ether oxygens (including phenoxy) is 1. The molecule has 0 radical (unpaired) electrons. The predicted octanol–water partition coefficient (Wildman–Crippen LogP) is 5.16. The van der Waals surface area contributed by atoms with Crippen LogP contribution < -0.4 is 10.1 Å². The van der Waals surface area contributed by atoms with Crippen LogP contribution >= 0.6 is 0 Å². The van der Waals surface area contributed by atoms with Crippen molar-refractivity contribution < 1.29 is 18.3 Å². The van der Waals surface area contributed by atoms with Crippen molar-refractivity contribution in [1.29, 1.82) is 0 Å². The van der Waals surface area contributed by atoms with E-state index in [2.05, 4.69) is 10.2 Å². The van der Waals surface area contributed by atoms with Gasteiger partial charge in [-0.1, -0.05) is 31.2 Å². The van der Waals surface area contributed by atoms with Crippen molar-refractivity contribution in [2.75, 3.05) is 7.11 Å². The molecular formula is C25H29FN2O3. The number of halogens is 1. The molecule has 1 aromatic heterocycles. The Balaban J connectivity index is 1.76. The molecule has 0 saturated carbocycles. The van der Waals surface area contributed by atoms with Crippen molar-refractivity contribution in [2.24, 2.45) is 0 Å². The molecule has 0 unspecified atom stereocenters. The van der Waals surface area contributed by atoms with Gasteiger partial charge in [0, 0.05) is 19.1 Å². The quantitative estimate of drug-likeness (QED) is 0.489. The van der Waals surface area contributed by atoms with Crippen molar-refractivity contribution in [1.82, 2.24) is 10.2 Å². The highest BCUT2D eigenvalue weighted by Gasteiger charge is 2.16. The lowest BCUT2D eigenvalue weighted by Crippen LogP contribution is -2.31. The molecule has 0 aliphatic heterocycles. The van der Waals surface area contributed by atoms with Gasteiger partial charge < -0.3 is 14.5 Å². The van der Waals surface area contributed by atoms with E-state index in [0.717, 1.165) is 23.3 Å². The molecule has 1 N–H and O–H groups in total. The fourth-order valence-corrected chi connectivity index (χ4v) is 3.29. The number of nitrogens with zero attached hydrogens (tertiary/aromatic N) is 1. The Hall–Kier alpha value is -3.12. The Morgan fingerprint density at radius 1 is 1.06 bits per heavy atom. The number of rotatable bonds is 10. The van der Waals surface area contributed by atoms with E-state index in [-0.39, 0.29) is 17.8 Å². The number of benzene rings is 2. The van der Waals surface area contributed by atoms with E-state index in [0.29, 0.717) is 31.2 Å². The Morgan fingerprint density at radius 2 is 1.77 bits per heavy atom. The van der Waals surface area contributed by atoms with E-state index in [1.165, 1.54) is 12.1 Å². The average molecular weight is 425 g/mol. The number of furan rings is 1. The maximum absolute atomic E-state index is 13.7. The second kappa shape index (κ2) is 10.8. The van der Waals surface area contributed by atoms with Crippen molar-refractivity contribution in [3.63, 3.8) is 0 Å². The number of methoxy groups -OCH3 is 1. The minimum Gasteiger partial charge on any atom is -0.497 e. The topological polar surface area (TPSA) is 54.7 Å². The highest BCUT2D eigenvalue weighted by molar-refractivity contribution is 5.91. The highest BCUT2D eigenvalue weighted by Crippen LogP contribution is 2.19. The fourth-order valence-electron chi connectivity index (χ4n) is 3.29. The van der Waals surface area contributed by atoms with Gasteiger partial charge in [0.1, 0.15) is 17.3 Å². The molecule has 0 fully saturated rings. The summed E-state index contributed by atoms with van der Waals surface area (Å²) in [6, 6.07) is 18.0. The summed E-state index contributed by atoms with van der Waals surface area (Å²) in [5, 5.41) is 2.91. The zero-order chi connectivity index (χ0) is 22.2. The van der Waals surface area contributed by atoms with Gasteiger partial charge in [-0.15, -0.1) is 0 Å². The SMILES string of the molecule is CC[C@H](C)NC(=O)c1ccc(CN(Cc2cccc(F)c2)Cc2cccc(OC)c2)o1. The van der Waals surface area contributed by atoms with E-state index < -0.39 is 0 Å². The minimum absolute atomic E-state index is 0.0820. The maximum atomic E-state index is 13.7. The van der Waals surface area contributed by atoms with Gasteiger partial charge in [0.15, 0.2) is 5.76 Å². The van der Waals surface area contributed by atoms with Gasteiger partial charge in [0.25, 0.3) is 5.91 Å². The summed E-state index contributed by atoms with van der Waals surface area (Å²) >= 11 is 0. The third-order valence-corrected chi connectivity index (χ3v) is 5.09. The minimum atomic E-state index is -0.263.